The Hall–Kier alpha value is -2.44. The van der Waals surface area contributed by atoms with Gasteiger partial charge in [-0.3, -0.25) is 9.63 Å². The van der Waals surface area contributed by atoms with Gasteiger partial charge in [-0.25, -0.2) is 4.39 Å². The lowest BCUT2D eigenvalue weighted by Gasteiger charge is -2.29. The highest BCUT2D eigenvalue weighted by atomic mass is 35.5. The molecule has 0 radical (unpaired) electrons. The highest BCUT2D eigenvalue weighted by Gasteiger charge is 2.62. The molecular formula is C23H21Cl2F4N3O4. The molecule has 1 unspecified atom stereocenters. The van der Waals surface area contributed by atoms with Crippen LogP contribution in [0.5, 0.6) is 0 Å². The van der Waals surface area contributed by atoms with E-state index in [1.54, 1.807) is 13.8 Å². The highest BCUT2D eigenvalue weighted by Crippen LogP contribution is 2.50. The molecule has 1 saturated heterocycles. The van der Waals surface area contributed by atoms with Gasteiger partial charge in [-0.2, -0.15) is 18.2 Å². The number of nitrogens with zero attached hydrogens (tertiary/aromatic N) is 2. The Balaban J connectivity index is 1.57. The highest BCUT2D eigenvalue weighted by molar-refractivity contribution is 6.35. The lowest BCUT2D eigenvalue weighted by Crippen LogP contribution is -2.45. The number of alkyl halides is 3. The number of carbonyl (C=O) groups excluding carboxylic acids is 1. The summed E-state index contributed by atoms with van der Waals surface area (Å²) < 4.78 is 56.5. The minimum atomic E-state index is -4.94. The molecule has 194 valence electrons. The van der Waals surface area contributed by atoms with Crippen LogP contribution in [-0.4, -0.2) is 53.4 Å². The van der Waals surface area contributed by atoms with Crippen LogP contribution in [0.4, 0.5) is 17.6 Å². The lowest BCUT2D eigenvalue weighted by molar-refractivity contribution is -0.275. The van der Waals surface area contributed by atoms with Crippen LogP contribution in [0.3, 0.4) is 0 Å². The average Bonchev–Trinajstić information content (AvgIpc) is 3.42. The van der Waals surface area contributed by atoms with Gasteiger partial charge < -0.3 is 15.3 Å². The Morgan fingerprint density at radius 1 is 1.28 bits per heavy atom. The summed E-state index contributed by atoms with van der Waals surface area (Å²) in [5, 5.41) is 16.7. The number of benzene rings is 2. The van der Waals surface area contributed by atoms with Gasteiger partial charge in [0, 0.05) is 24.1 Å². The first kappa shape index (κ1) is 26.6. The zero-order chi connectivity index (χ0) is 26.4. The van der Waals surface area contributed by atoms with Gasteiger partial charge in [0.1, 0.15) is 0 Å². The summed E-state index contributed by atoms with van der Waals surface area (Å²) in [6.07, 6.45) is -6.67. The van der Waals surface area contributed by atoms with Crippen LogP contribution in [0.25, 0.3) is 0 Å². The molecule has 2 aromatic rings. The summed E-state index contributed by atoms with van der Waals surface area (Å²) in [5.41, 5.74) is -2.41. The fraction of sp³-hybridized carbons (Fsp3) is 0.391. The molecule has 2 aliphatic rings. The Bertz CT molecular complexity index is 1200. The largest absolute Gasteiger partial charge is 0.435 e. The molecule has 0 aromatic heterocycles. The Kier molecular flexibility index (Phi) is 7.24. The quantitative estimate of drug-likeness (QED) is 0.417. The van der Waals surface area contributed by atoms with E-state index in [2.05, 4.69) is 10.5 Å². The van der Waals surface area contributed by atoms with E-state index in [0.29, 0.717) is 17.7 Å². The van der Waals surface area contributed by atoms with Crippen molar-refractivity contribution in [3.05, 3.63) is 68.4 Å². The standard InChI is InChI=1S/C23H21Cl2F4N3O4/c1-3-32-21(34)18(10-35-32)30-20(33)14-5-4-12(6-11(14)2)17-9-22(36-31-17,23(27,28)29)13-7-15(24)19(26)16(25)8-13/h4-8,18,21,34H,3,9-10H2,1-2H3,(H,30,33)/t18-,21?,22+/m1/s1. The van der Waals surface area contributed by atoms with Gasteiger partial charge in [-0.1, -0.05) is 34.4 Å². The van der Waals surface area contributed by atoms with E-state index in [1.165, 1.54) is 23.3 Å². The normalized spacial score (nSPS) is 24.5. The summed E-state index contributed by atoms with van der Waals surface area (Å²) in [5.74, 6) is -1.52. The second kappa shape index (κ2) is 9.79. The minimum Gasteiger partial charge on any atom is -0.374 e. The van der Waals surface area contributed by atoms with Crippen LogP contribution >= 0.6 is 23.2 Å². The van der Waals surface area contributed by atoms with Crippen molar-refractivity contribution in [2.24, 2.45) is 5.16 Å². The fourth-order valence-corrected chi connectivity index (χ4v) is 4.61. The molecule has 0 bridgehead atoms. The van der Waals surface area contributed by atoms with E-state index < -0.39 is 57.8 Å². The molecule has 36 heavy (non-hydrogen) atoms. The van der Waals surface area contributed by atoms with E-state index in [4.69, 9.17) is 32.9 Å². The van der Waals surface area contributed by atoms with Crippen molar-refractivity contribution in [2.75, 3.05) is 13.2 Å². The number of aryl methyl sites for hydroxylation is 1. The molecule has 2 heterocycles. The number of aliphatic hydroxyl groups excluding tert-OH is 1. The van der Waals surface area contributed by atoms with Crippen molar-refractivity contribution in [3.63, 3.8) is 0 Å². The third-order valence-corrected chi connectivity index (χ3v) is 6.69. The van der Waals surface area contributed by atoms with Gasteiger partial charge >= 0.3 is 6.18 Å². The number of halogens is 6. The molecule has 0 spiro atoms. The molecule has 0 saturated carbocycles. The van der Waals surface area contributed by atoms with Gasteiger partial charge in [0.15, 0.2) is 12.0 Å². The molecule has 7 nitrogen and oxygen atoms in total. The number of nitrogens with one attached hydrogen (secondary N) is 1. The average molecular weight is 550 g/mol. The molecule has 2 aliphatic heterocycles. The van der Waals surface area contributed by atoms with Crippen molar-refractivity contribution in [3.8, 4) is 0 Å². The number of rotatable bonds is 5. The minimum absolute atomic E-state index is 0.0304. The predicted molar refractivity (Wildman–Crippen MR) is 123 cm³/mol. The van der Waals surface area contributed by atoms with Crippen molar-refractivity contribution in [1.29, 1.82) is 0 Å². The number of amides is 1. The molecule has 2 aromatic carbocycles. The molecular weight excluding hydrogens is 529 g/mol. The Labute approximate surface area is 213 Å². The van der Waals surface area contributed by atoms with Crippen molar-refractivity contribution in [2.45, 2.75) is 44.3 Å². The van der Waals surface area contributed by atoms with Gasteiger partial charge in [0.2, 0.25) is 0 Å². The maximum absolute atomic E-state index is 14.2. The van der Waals surface area contributed by atoms with Crippen molar-refractivity contribution < 1.29 is 37.1 Å². The van der Waals surface area contributed by atoms with E-state index in [9.17, 15) is 27.5 Å². The second-order valence-corrected chi connectivity index (χ2v) is 9.25. The molecule has 2 N–H and O–H groups in total. The number of carbonyl (C=O) groups is 1. The topological polar surface area (TPSA) is 83.4 Å². The zero-order valence-corrected chi connectivity index (χ0v) is 20.5. The van der Waals surface area contributed by atoms with Crippen molar-refractivity contribution in [1.82, 2.24) is 10.4 Å². The number of hydroxylamine groups is 2. The summed E-state index contributed by atoms with van der Waals surface area (Å²) in [4.78, 5) is 23.0. The van der Waals surface area contributed by atoms with Crippen LogP contribution < -0.4 is 5.32 Å². The maximum Gasteiger partial charge on any atom is 0.435 e. The van der Waals surface area contributed by atoms with Crippen LogP contribution in [0.15, 0.2) is 35.5 Å². The molecule has 1 fully saturated rings. The number of hydrogen-bond donors (Lipinski definition) is 2. The third-order valence-electron chi connectivity index (χ3n) is 6.14. The van der Waals surface area contributed by atoms with Crippen LogP contribution in [0.2, 0.25) is 10.0 Å². The van der Waals surface area contributed by atoms with E-state index in [0.717, 1.165) is 12.1 Å². The van der Waals surface area contributed by atoms with Crippen molar-refractivity contribution >= 4 is 34.8 Å². The summed E-state index contributed by atoms with van der Waals surface area (Å²) in [6, 6.07) is 5.38. The third kappa shape index (κ3) is 4.66. The van der Waals surface area contributed by atoms with Crippen LogP contribution in [0, 0.1) is 12.7 Å². The summed E-state index contributed by atoms with van der Waals surface area (Å²) in [7, 11) is 0. The predicted octanol–water partition coefficient (Wildman–Crippen LogP) is 4.71. The molecule has 4 rings (SSSR count). The van der Waals surface area contributed by atoms with Crippen LogP contribution in [0.1, 0.15) is 40.4 Å². The number of likely N-dealkylation sites (N-methyl/N-ethyl adjacent to an activating group) is 1. The van der Waals surface area contributed by atoms with Gasteiger partial charge in [-0.05, 0) is 49.2 Å². The number of hydrogen-bond acceptors (Lipinski definition) is 6. The van der Waals surface area contributed by atoms with Crippen LogP contribution in [-0.2, 0) is 15.3 Å². The first-order chi connectivity index (χ1) is 16.9. The fourth-order valence-electron chi connectivity index (χ4n) is 4.13. The number of oxime groups is 1. The first-order valence-corrected chi connectivity index (χ1v) is 11.6. The lowest BCUT2D eigenvalue weighted by atomic mass is 9.86. The molecule has 13 heteroatoms. The van der Waals surface area contributed by atoms with E-state index in [-0.39, 0.29) is 17.9 Å². The summed E-state index contributed by atoms with van der Waals surface area (Å²) in [6.45, 7) is 3.94. The van der Waals surface area contributed by atoms with E-state index in [1.807, 2.05) is 0 Å². The SMILES string of the molecule is CCN1OC[C@@H](NC(=O)c2ccc(C3=NO[C@@](c4cc(Cl)c(F)c(Cl)c4)(C(F)(F)F)C3)cc2C)C1O. The second-order valence-electron chi connectivity index (χ2n) is 8.44. The van der Waals surface area contributed by atoms with Gasteiger partial charge in [0.05, 0.1) is 28.4 Å². The Morgan fingerprint density at radius 2 is 1.94 bits per heavy atom. The van der Waals surface area contributed by atoms with Gasteiger partial charge in [0.25, 0.3) is 11.5 Å². The summed E-state index contributed by atoms with van der Waals surface area (Å²) >= 11 is 11.5. The number of aliphatic hydroxyl groups is 1. The zero-order valence-electron chi connectivity index (χ0n) is 19.0. The molecule has 0 aliphatic carbocycles. The molecule has 1 amide bonds. The maximum atomic E-state index is 14.2. The monoisotopic (exact) mass is 549 g/mol. The van der Waals surface area contributed by atoms with Gasteiger partial charge in [-0.15, -0.1) is 0 Å². The molecule has 3 atom stereocenters. The first-order valence-electron chi connectivity index (χ1n) is 10.8. The van der Waals surface area contributed by atoms with E-state index >= 15 is 0 Å². The Morgan fingerprint density at radius 3 is 2.50 bits per heavy atom. The smallest absolute Gasteiger partial charge is 0.374 e.